The molecule has 1 saturated carbocycles. The Kier molecular flexibility index (Phi) is 4.99. The maximum absolute atomic E-state index is 12.0. The quantitative estimate of drug-likeness (QED) is 0.912. The summed E-state index contributed by atoms with van der Waals surface area (Å²) in [6.07, 6.45) is 2.29. The van der Waals surface area contributed by atoms with Crippen molar-refractivity contribution in [3.05, 3.63) is 29.3 Å². The number of amides is 2. The number of rotatable bonds is 2. The molecule has 1 aromatic rings. The average molecular weight is 310 g/mol. The summed E-state index contributed by atoms with van der Waals surface area (Å²) in [6.45, 7) is 7.79. The number of halogens is 1. The first-order chi connectivity index (χ1) is 9.65. The standard InChI is InChI=1S/C16H23N3O.ClH/c1-12-4-3-5-15(13(12)2)18-8-10-19(11-9-18)16(20)17-14-6-7-14;/h3-5,14H,6-11H2,1-2H3,(H,17,20);1H. The highest BCUT2D eigenvalue weighted by molar-refractivity contribution is 5.85. The molecule has 1 aliphatic carbocycles. The molecule has 116 valence electrons. The molecule has 0 atom stereocenters. The van der Waals surface area contributed by atoms with Crippen molar-refractivity contribution in [3.63, 3.8) is 0 Å². The largest absolute Gasteiger partial charge is 0.368 e. The molecule has 1 saturated heterocycles. The highest BCUT2D eigenvalue weighted by Crippen LogP contribution is 2.24. The maximum atomic E-state index is 12.0. The molecule has 0 bridgehead atoms. The molecule has 1 aromatic carbocycles. The van der Waals surface area contributed by atoms with Crippen LogP contribution in [0, 0.1) is 13.8 Å². The van der Waals surface area contributed by atoms with Crippen LogP contribution in [0.1, 0.15) is 24.0 Å². The van der Waals surface area contributed by atoms with E-state index in [-0.39, 0.29) is 18.4 Å². The van der Waals surface area contributed by atoms with Crippen LogP contribution in [0.3, 0.4) is 0 Å². The van der Waals surface area contributed by atoms with Crippen LogP contribution < -0.4 is 10.2 Å². The zero-order valence-electron chi connectivity index (χ0n) is 12.8. The van der Waals surface area contributed by atoms with E-state index in [0.29, 0.717) is 6.04 Å². The van der Waals surface area contributed by atoms with Crippen molar-refractivity contribution in [2.45, 2.75) is 32.7 Å². The predicted molar refractivity (Wildman–Crippen MR) is 88.5 cm³/mol. The lowest BCUT2D eigenvalue weighted by atomic mass is 10.1. The van der Waals surface area contributed by atoms with E-state index in [1.54, 1.807) is 0 Å². The van der Waals surface area contributed by atoms with Crippen LogP contribution in [-0.2, 0) is 0 Å². The van der Waals surface area contributed by atoms with Gasteiger partial charge in [-0.3, -0.25) is 0 Å². The zero-order chi connectivity index (χ0) is 14.1. The van der Waals surface area contributed by atoms with E-state index in [9.17, 15) is 4.79 Å². The van der Waals surface area contributed by atoms with Crippen LogP contribution in [-0.4, -0.2) is 43.2 Å². The Bertz CT molecular complexity index is 508. The van der Waals surface area contributed by atoms with E-state index < -0.39 is 0 Å². The summed E-state index contributed by atoms with van der Waals surface area (Å²) in [5, 5.41) is 3.07. The van der Waals surface area contributed by atoms with E-state index in [4.69, 9.17) is 0 Å². The third-order valence-corrected chi connectivity index (χ3v) is 4.39. The summed E-state index contributed by atoms with van der Waals surface area (Å²) in [5.74, 6) is 0. The third-order valence-electron chi connectivity index (χ3n) is 4.39. The van der Waals surface area contributed by atoms with Gasteiger partial charge >= 0.3 is 6.03 Å². The summed E-state index contributed by atoms with van der Waals surface area (Å²) in [6, 6.07) is 7.01. The van der Waals surface area contributed by atoms with Gasteiger partial charge in [0.05, 0.1) is 0 Å². The highest BCUT2D eigenvalue weighted by atomic mass is 35.5. The third kappa shape index (κ3) is 3.62. The van der Waals surface area contributed by atoms with Gasteiger partial charge in [0.25, 0.3) is 0 Å². The molecule has 21 heavy (non-hydrogen) atoms. The lowest BCUT2D eigenvalue weighted by Gasteiger charge is -2.37. The van der Waals surface area contributed by atoms with Gasteiger partial charge in [0, 0.05) is 37.9 Å². The number of hydrogen-bond acceptors (Lipinski definition) is 2. The number of aryl methyl sites for hydroxylation is 1. The Balaban J connectivity index is 0.00000161. The molecule has 0 spiro atoms. The molecule has 0 aromatic heterocycles. The number of anilines is 1. The predicted octanol–water partition coefficient (Wildman–Crippen LogP) is 2.72. The molecule has 1 N–H and O–H groups in total. The summed E-state index contributed by atoms with van der Waals surface area (Å²) in [7, 11) is 0. The Labute approximate surface area is 132 Å². The summed E-state index contributed by atoms with van der Waals surface area (Å²) < 4.78 is 0. The second-order valence-corrected chi connectivity index (χ2v) is 5.92. The number of carbonyl (C=O) groups excluding carboxylic acids is 1. The molecular formula is C16H24ClN3O. The number of nitrogens with zero attached hydrogens (tertiary/aromatic N) is 2. The molecule has 0 radical (unpaired) electrons. The fraction of sp³-hybridized carbons (Fsp3) is 0.562. The number of urea groups is 1. The SMILES string of the molecule is Cc1cccc(N2CCN(C(=O)NC3CC3)CC2)c1C.Cl. The van der Waals surface area contributed by atoms with Gasteiger partial charge in [0.2, 0.25) is 0 Å². The Morgan fingerprint density at radius 2 is 1.81 bits per heavy atom. The Morgan fingerprint density at radius 3 is 2.43 bits per heavy atom. The topological polar surface area (TPSA) is 35.6 Å². The summed E-state index contributed by atoms with van der Waals surface area (Å²) >= 11 is 0. The second-order valence-electron chi connectivity index (χ2n) is 5.92. The van der Waals surface area contributed by atoms with Crippen LogP contribution in [0.25, 0.3) is 0 Å². The lowest BCUT2D eigenvalue weighted by molar-refractivity contribution is 0.194. The smallest absolute Gasteiger partial charge is 0.317 e. The van der Waals surface area contributed by atoms with Gasteiger partial charge in [-0.1, -0.05) is 12.1 Å². The Hall–Kier alpha value is -1.42. The van der Waals surface area contributed by atoms with Crippen LogP contribution in [0.4, 0.5) is 10.5 Å². The maximum Gasteiger partial charge on any atom is 0.317 e. The van der Waals surface area contributed by atoms with Crippen molar-refractivity contribution < 1.29 is 4.79 Å². The van der Waals surface area contributed by atoms with Gasteiger partial charge < -0.3 is 15.1 Å². The molecule has 2 aliphatic rings. The van der Waals surface area contributed by atoms with Gasteiger partial charge in [-0.05, 0) is 43.9 Å². The molecule has 1 aliphatic heterocycles. The van der Waals surface area contributed by atoms with Gasteiger partial charge in [-0.15, -0.1) is 12.4 Å². The van der Waals surface area contributed by atoms with E-state index in [1.165, 1.54) is 16.8 Å². The van der Waals surface area contributed by atoms with Crippen molar-refractivity contribution >= 4 is 24.1 Å². The van der Waals surface area contributed by atoms with Crippen LogP contribution >= 0.6 is 12.4 Å². The molecule has 2 amide bonds. The Morgan fingerprint density at radius 1 is 1.14 bits per heavy atom. The van der Waals surface area contributed by atoms with Crippen molar-refractivity contribution in [2.75, 3.05) is 31.1 Å². The average Bonchev–Trinajstić information content (AvgIpc) is 3.26. The van der Waals surface area contributed by atoms with Crippen molar-refractivity contribution in [2.24, 2.45) is 0 Å². The number of hydrogen-bond donors (Lipinski definition) is 1. The lowest BCUT2D eigenvalue weighted by Crippen LogP contribution is -2.52. The van der Waals surface area contributed by atoms with Gasteiger partial charge in [0.1, 0.15) is 0 Å². The zero-order valence-corrected chi connectivity index (χ0v) is 13.6. The minimum Gasteiger partial charge on any atom is -0.368 e. The summed E-state index contributed by atoms with van der Waals surface area (Å²) in [4.78, 5) is 16.3. The monoisotopic (exact) mass is 309 g/mol. The molecule has 1 heterocycles. The minimum absolute atomic E-state index is 0. The fourth-order valence-corrected chi connectivity index (χ4v) is 2.72. The minimum atomic E-state index is 0. The normalized spacial score (nSPS) is 18.2. The van der Waals surface area contributed by atoms with Crippen molar-refractivity contribution in [3.8, 4) is 0 Å². The van der Waals surface area contributed by atoms with E-state index in [2.05, 4.69) is 42.3 Å². The van der Waals surface area contributed by atoms with E-state index in [0.717, 1.165) is 39.0 Å². The second kappa shape index (κ2) is 6.56. The first kappa shape index (κ1) is 16.0. The van der Waals surface area contributed by atoms with Gasteiger partial charge in [-0.2, -0.15) is 0 Å². The van der Waals surface area contributed by atoms with Crippen LogP contribution in [0.15, 0.2) is 18.2 Å². The number of nitrogens with one attached hydrogen (secondary N) is 1. The summed E-state index contributed by atoms with van der Waals surface area (Å²) in [5.41, 5.74) is 3.99. The highest BCUT2D eigenvalue weighted by Gasteiger charge is 2.28. The van der Waals surface area contributed by atoms with Crippen LogP contribution in [0.5, 0.6) is 0 Å². The van der Waals surface area contributed by atoms with Gasteiger partial charge in [0.15, 0.2) is 0 Å². The molecule has 5 heteroatoms. The molecule has 0 unspecified atom stereocenters. The molecule has 4 nitrogen and oxygen atoms in total. The van der Waals surface area contributed by atoms with E-state index in [1.807, 2.05) is 4.90 Å². The number of benzene rings is 1. The van der Waals surface area contributed by atoms with E-state index >= 15 is 0 Å². The van der Waals surface area contributed by atoms with Crippen molar-refractivity contribution in [1.82, 2.24) is 10.2 Å². The molecule has 2 fully saturated rings. The molecular weight excluding hydrogens is 286 g/mol. The first-order valence-electron chi connectivity index (χ1n) is 7.52. The number of piperazine rings is 1. The number of carbonyl (C=O) groups is 1. The fourth-order valence-electron chi connectivity index (χ4n) is 2.72. The van der Waals surface area contributed by atoms with Crippen molar-refractivity contribution in [1.29, 1.82) is 0 Å². The molecule has 3 rings (SSSR count). The first-order valence-corrected chi connectivity index (χ1v) is 7.52. The van der Waals surface area contributed by atoms with Crippen LogP contribution in [0.2, 0.25) is 0 Å². The van der Waals surface area contributed by atoms with Gasteiger partial charge in [-0.25, -0.2) is 4.79 Å².